The van der Waals surface area contributed by atoms with Crippen LogP contribution >= 0.6 is 0 Å². The van der Waals surface area contributed by atoms with Gasteiger partial charge in [0.05, 0.1) is 22.4 Å². The van der Waals surface area contributed by atoms with Crippen LogP contribution in [0.5, 0.6) is 5.88 Å². The van der Waals surface area contributed by atoms with E-state index in [1.807, 2.05) is 6.92 Å². The average Bonchev–Trinajstić information content (AvgIpc) is 2.68. The van der Waals surface area contributed by atoms with E-state index in [2.05, 4.69) is 10.2 Å². The normalized spacial score (nSPS) is 10.6. The molecule has 2 aromatic rings. The minimum Gasteiger partial charge on any atom is -0.476 e. The molecule has 84 valence electrons. The Hall–Kier alpha value is -2.11. The lowest BCUT2D eigenvalue weighted by Crippen LogP contribution is -1.95. The van der Waals surface area contributed by atoms with Crippen LogP contribution in [0.1, 0.15) is 13.3 Å². The second-order valence-corrected chi connectivity index (χ2v) is 3.36. The molecule has 1 heterocycles. The summed E-state index contributed by atoms with van der Waals surface area (Å²) in [6.07, 6.45) is 0.864. The number of nitrogens with zero attached hydrogens (tertiary/aromatic N) is 2. The van der Waals surface area contributed by atoms with Crippen LogP contribution in [-0.2, 0) is 0 Å². The zero-order chi connectivity index (χ0) is 11.5. The van der Waals surface area contributed by atoms with Crippen LogP contribution in [0.15, 0.2) is 18.2 Å². The maximum atomic E-state index is 10.6. The maximum Gasteiger partial charge on any atom is 0.270 e. The molecule has 0 fully saturated rings. The number of hydrogen-bond donors (Lipinski definition) is 1. The number of ether oxygens (including phenoxy) is 1. The van der Waals surface area contributed by atoms with Gasteiger partial charge in [-0.3, -0.25) is 15.2 Å². The van der Waals surface area contributed by atoms with Gasteiger partial charge in [0, 0.05) is 12.1 Å². The minimum atomic E-state index is -0.434. The summed E-state index contributed by atoms with van der Waals surface area (Å²) in [4.78, 5) is 10.2. The lowest BCUT2D eigenvalue weighted by Gasteiger charge is -1.99. The molecular weight excluding hydrogens is 210 g/mol. The third kappa shape index (κ3) is 1.81. The predicted molar refractivity (Wildman–Crippen MR) is 58.5 cm³/mol. The predicted octanol–water partition coefficient (Wildman–Crippen LogP) is 2.26. The molecule has 0 radical (unpaired) electrons. The Labute approximate surface area is 91.4 Å². The summed E-state index contributed by atoms with van der Waals surface area (Å²) < 4.78 is 5.38. The monoisotopic (exact) mass is 221 g/mol. The van der Waals surface area contributed by atoms with Gasteiger partial charge in [-0.05, 0) is 12.5 Å². The highest BCUT2D eigenvalue weighted by Crippen LogP contribution is 2.26. The fourth-order valence-corrected chi connectivity index (χ4v) is 1.40. The van der Waals surface area contributed by atoms with E-state index in [9.17, 15) is 10.1 Å². The van der Waals surface area contributed by atoms with E-state index in [0.29, 0.717) is 17.9 Å². The van der Waals surface area contributed by atoms with Gasteiger partial charge in [-0.1, -0.05) is 6.92 Å². The average molecular weight is 221 g/mol. The van der Waals surface area contributed by atoms with Gasteiger partial charge in [0.15, 0.2) is 0 Å². The largest absolute Gasteiger partial charge is 0.476 e. The van der Waals surface area contributed by atoms with Gasteiger partial charge in [0.2, 0.25) is 5.88 Å². The molecule has 0 saturated heterocycles. The van der Waals surface area contributed by atoms with E-state index >= 15 is 0 Å². The molecule has 0 aliphatic carbocycles. The number of rotatable bonds is 4. The summed E-state index contributed by atoms with van der Waals surface area (Å²) in [7, 11) is 0. The Kier molecular flexibility index (Phi) is 2.72. The third-order valence-corrected chi connectivity index (χ3v) is 2.17. The Bertz CT molecular complexity index is 521. The molecule has 0 bridgehead atoms. The van der Waals surface area contributed by atoms with Crippen molar-refractivity contribution in [3.63, 3.8) is 0 Å². The second-order valence-electron chi connectivity index (χ2n) is 3.36. The molecule has 1 aromatic heterocycles. The van der Waals surface area contributed by atoms with Crippen molar-refractivity contribution in [1.82, 2.24) is 10.2 Å². The highest BCUT2D eigenvalue weighted by atomic mass is 16.6. The summed E-state index contributed by atoms with van der Waals surface area (Å²) >= 11 is 0. The lowest BCUT2D eigenvalue weighted by molar-refractivity contribution is -0.384. The summed E-state index contributed by atoms with van der Waals surface area (Å²) in [5.41, 5.74) is 0.770. The first-order chi connectivity index (χ1) is 7.72. The fraction of sp³-hybridized carbons (Fsp3) is 0.300. The fourth-order valence-electron chi connectivity index (χ4n) is 1.40. The molecular formula is C10H11N3O3. The first-order valence-electron chi connectivity index (χ1n) is 4.97. The number of nitro groups is 1. The number of nitro benzene ring substituents is 1. The van der Waals surface area contributed by atoms with Crippen LogP contribution in [0, 0.1) is 10.1 Å². The summed E-state index contributed by atoms with van der Waals surface area (Å²) in [5.74, 6) is 0.417. The maximum absolute atomic E-state index is 10.6. The molecule has 0 unspecified atom stereocenters. The van der Waals surface area contributed by atoms with Crippen LogP contribution in [-0.4, -0.2) is 21.7 Å². The van der Waals surface area contributed by atoms with Crippen LogP contribution in [0.3, 0.4) is 0 Å². The minimum absolute atomic E-state index is 0.0373. The topological polar surface area (TPSA) is 81.0 Å². The van der Waals surface area contributed by atoms with Gasteiger partial charge in [-0.25, -0.2) is 0 Å². The molecule has 0 aliphatic rings. The number of nitrogens with one attached hydrogen (secondary N) is 1. The smallest absolute Gasteiger partial charge is 0.270 e. The SMILES string of the molecule is CCCOc1n[nH]c2ccc([N+](=O)[O-])cc12. The Morgan fingerprint density at radius 1 is 1.56 bits per heavy atom. The van der Waals surface area contributed by atoms with Crippen molar-refractivity contribution >= 4 is 16.6 Å². The lowest BCUT2D eigenvalue weighted by atomic mass is 10.2. The zero-order valence-corrected chi connectivity index (χ0v) is 8.77. The molecule has 1 aromatic carbocycles. The number of aromatic nitrogens is 2. The van der Waals surface area contributed by atoms with Gasteiger partial charge in [-0.2, -0.15) is 0 Å². The third-order valence-electron chi connectivity index (χ3n) is 2.17. The number of fused-ring (bicyclic) bond motifs is 1. The van der Waals surface area contributed by atoms with E-state index in [0.717, 1.165) is 11.9 Å². The highest BCUT2D eigenvalue weighted by molar-refractivity contribution is 5.86. The van der Waals surface area contributed by atoms with Crippen molar-refractivity contribution in [3.8, 4) is 5.88 Å². The van der Waals surface area contributed by atoms with Crippen LogP contribution in [0.25, 0.3) is 10.9 Å². The molecule has 6 nitrogen and oxygen atoms in total. The van der Waals surface area contributed by atoms with E-state index in [-0.39, 0.29) is 5.69 Å². The van der Waals surface area contributed by atoms with Gasteiger partial charge < -0.3 is 4.74 Å². The van der Waals surface area contributed by atoms with Crippen molar-refractivity contribution in [3.05, 3.63) is 28.3 Å². The quantitative estimate of drug-likeness (QED) is 0.634. The zero-order valence-electron chi connectivity index (χ0n) is 8.77. The number of hydrogen-bond acceptors (Lipinski definition) is 4. The van der Waals surface area contributed by atoms with E-state index < -0.39 is 4.92 Å². The molecule has 0 saturated carbocycles. The number of aromatic amines is 1. The Morgan fingerprint density at radius 3 is 3.06 bits per heavy atom. The molecule has 0 atom stereocenters. The van der Waals surface area contributed by atoms with Crippen molar-refractivity contribution < 1.29 is 9.66 Å². The Balaban J connectivity index is 2.43. The number of H-pyrrole nitrogens is 1. The first kappa shape index (κ1) is 10.4. The molecule has 0 aliphatic heterocycles. The van der Waals surface area contributed by atoms with Crippen molar-refractivity contribution in [2.45, 2.75) is 13.3 Å². The molecule has 16 heavy (non-hydrogen) atoms. The van der Waals surface area contributed by atoms with Crippen LogP contribution < -0.4 is 4.74 Å². The first-order valence-corrected chi connectivity index (χ1v) is 4.97. The van der Waals surface area contributed by atoms with Gasteiger partial charge in [-0.15, -0.1) is 5.10 Å². The van der Waals surface area contributed by atoms with Gasteiger partial charge in [0.1, 0.15) is 0 Å². The summed E-state index contributed by atoms with van der Waals surface area (Å²) in [6.45, 7) is 2.53. The molecule has 0 amide bonds. The highest BCUT2D eigenvalue weighted by Gasteiger charge is 2.12. The van der Waals surface area contributed by atoms with Gasteiger partial charge >= 0.3 is 0 Å². The van der Waals surface area contributed by atoms with Crippen LogP contribution in [0.4, 0.5) is 5.69 Å². The summed E-state index contributed by atoms with van der Waals surface area (Å²) in [6, 6.07) is 4.52. The van der Waals surface area contributed by atoms with Gasteiger partial charge in [0.25, 0.3) is 5.69 Å². The van der Waals surface area contributed by atoms with Crippen molar-refractivity contribution in [2.24, 2.45) is 0 Å². The number of benzene rings is 1. The molecule has 2 rings (SSSR count). The van der Waals surface area contributed by atoms with E-state index in [4.69, 9.17) is 4.74 Å². The van der Waals surface area contributed by atoms with Crippen molar-refractivity contribution in [2.75, 3.05) is 6.61 Å². The van der Waals surface area contributed by atoms with Crippen LogP contribution in [0.2, 0.25) is 0 Å². The number of non-ortho nitro benzene ring substituents is 1. The van der Waals surface area contributed by atoms with Crippen molar-refractivity contribution in [1.29, 1.82) is 0 Å². The molecule has 0 spiro atoms. The Morgan fingerprint density at radius 2 is 2.38 bits per heavy atom. The van der Waals surface area contributed by atoms with E-state index in [1.165, 1.54) is 12.1 Å². The standard InChI is InChI=1S/C10H11N3O3/c1-2-5-16-10-8-6-7(13(14)15)3-4-9(8)11-12-10/h3-4,6H,2,5H2,1H3,(H,11,12). The second kappa shape index (κ2) is 4.18. The molecule has 6 heteroatoms. The summed E-state index contributed by atoms with van der Waals surface area (Å²) in [5, 5.41) is 18.0. The van der Waals surface area contributed by atoms with E-state index in [1.54, 1.807) is 6.07 Å². The molecule has 1 N–H and O–H groups in total.